The third-order valence-electron chi connectivity index (χ3n) is 2.80. The lowest BCUT2D eigenvalue weighted by Crippen LogP contribution is -2.11. The van der Waals surface area contributed by atoms with E-state index in [4.69, 9.17) is 16.1 Å². The number of hydrogen-bond donors (Lipinski definition) is 1. The van der Waals surface area contributed by atoms with Crippen LogP contribution < -0.4 is 5.32 Å². The maximum Gasteiger partial charge on any atom is 0.279 e. The molecule has 1 amide bonds. The van der Waals surface area contributed by atoms with Crippen molar-refractivity contribution in [3.63, 3.8) is 0 Å². The summed E-state index contributed by atoms with van der Waals surface area (Å²) >= 11 is 8.92. The van der Waals surface area contributed by atoms with Gasteiger partial charge in [-0.15, -0.1) is 10.2 Å². The number of halogens is 1. The van der Waals surface area contributed by atoms with Crippen LogP contribution in [-0.2, 0) is 5.75 Å². The van der Waals surface area contributed by atoms with Gasteiger partial charge in [-0.05, 0) is 18.6 Å². The number of hydrogen-bond acceptors (Lipinski definition) is 7. The zero-order valence-corrected chi connectivity index (χ0v) is 14.3. The van der Waals surface area contributed by atoms with Gasteiger partial charge in [-0.1, -0.05) is 58.1 Å². The molecule has 118 valence electrons. The Hall–Kier alpha value is -1.90. The van der Waals surface area contributed by atoms with E-state index in [0.29, 0.717) is 16.6 Å². The zero-order valence-electron chi connectivity index (χ0n) is 11.9. The van der Waals surface area contributed by atoms with Crippen LogP contribution in [0.1, 0.15) is 21.8 Å². The molecule has 0 fully saturated rings. The first-order chi connectivity index (χ1) is 11.1. The topological polar surface area (TPSA) is 80.9 Å². The van der Waals surface area contributed by atoms with E-state index in [2.05, 4.69) is 20.7 Å². The smallest absolute Gasteiger partial charge is 0.279 e. The summed E-state index contributed by atoms with van der Waals surface area (Å²) in [6, 6.07) is 9.20. The molecule has 0 saturated carbocycles. The van der Waals surface area contributed by atoms with Crippen molar-refractivity contribution >= 4 is 45.7 Å². The lowest BCUT2D eigenvalue weighted by molar-refractivity contribution is 0.101. The molecule has 0 atom stereocenters. The monoisotopic (exact) mass is 366 g/mol. The Kier molecular flexibility index (Phi) is 4.94. The highest BCUT2D eigenvalue weighted by molar-refractivity contribution is 8.00. The summed E-state index contributed by atoms with van der Waals surface area (Å²) in [5.41, 5.74) is 1.24. The van der Waals surface area contributed by atoms with E-state index in [1.165, 1.54) is 23.1 Å². The molecule has 1 N–H and O–H groups in total. The van der Waals surface area contributed by atoms with Gasteiger partial charge in [0.25, 0.3) is 5.91 Å². The SMILES string of the molecule is Cc1cc(C(=O)Nc2nnc(SCc3ccccc3Cl)s2)no1. The van der Waals surface area contributed by atoms with Crippen molar-refractivity contribution in [2.45, 2.75) is 17.0 Å². The van der Waals surface area contributed by atoms with Gasteiger partial charge in [0.05, 0.1) is 0 Å². The van der Waals surface area contributed by atoms with Crippen molar-refractivity contribution < 1.29 is 9.32 Å². The number of nitrogens with one attached hydrogen (secondary N) is 1. The predicted molar refractivity (Wildman–Crippen MR) is 90.1 cm³/mol. The van der Waals surface area contributed by atoms with Crippen LogP contribution in [0.3, 0.4) is 0 Å². The van der Waals surface area contributed by atoms with E-state index in [0.717, 1.165) is 14.9 Å². The Morgan fingerprint density at radius 2 is 2.22 bits per heavy atom. The number of nitrogens with zero attached hydrogens (tertiary/aromatic N) is 3. The highest BCUT2D eigenvalue weighted by Crippen LogP contribution is 2.30. The second-order valence-electron chi connectivity index (χ2n) is 4.53. The summed E-state index contributed by atoms with van der Waals surface area (Å²) in [7, 11) is 0. The predicted octanol–water partition coefficient (Wildman–Crippen LogP) is 4.03. The fourth-order valence-electron chi connectivity index (χ4n) is 1.71. The molecule has 1 aromatic carbocycles. The van der Waals surface area contributed by atoms with Crippen molar-refractivity contribution in [1.82, 2.24) is 15.4 Å². The molecule has 0 aliphatic rings. The minimum atomic E-state index is -0.374. The molecule has 0 unspecified atom stereocenters. The van der Waals surface area contributed by atoms with Crippen molar-refractivity contribution in [1.29, 1.82) is 0 Å². The van der Waals surface area contributed by atoms with E-state index < -0.39 is 0 Å². The Bertz CT molecular complexity index is 834. The van der Waals surface area contributed by atoms with Crippen LogP contribution in [0.15, 0.2) is 39.2 Å². The molecule has 2 aromatic heterocycles. The second kappa shape index (κ2) is 7.12. The van der Waals surface area contributed by atoms with Gasteiger partial charge < -0.3 is 4.52 Å². The first-order valence-corrected chi connectivity index (χ1v) is 8.74. The number of carbonyl (C=O) groups excluding carboxylic acids is 1. The number of amides is 1. The number of benzene rings is 1. The van der Waals surface area contributed by atoms with Crippen LogP contribution in [0.4, 0.5) is 5.13 Å². The maximum absolute atomic E-state index is 11.9. The fourth-order valence-corrected chi connectivity index (χ4v) is 3.74. The Labute approximate surface area is 145 Å². The zero-order chi connectivity index (χ0) is 16.2. The number of thioether (sulfide) groups is 1. The Balaban J connectivity index is 1.60. The number of rotatable bonds is 5. The van der Waals surface area contributed by atoms with Crippen molar-refractivity contribution in [2.75, 3.05) is 5.32 Å². The van der Waals surface area contributed by atoms with E-state index >= 15 is 0 Å². The summed E-state index contributed by atoms with van der Waals surface area (Å²) in [6.07, 6.45) is 0. The lowest BCUT2D eigenvalue weighted by Gasteiger charge is -2.00. The van der Waals surface area contributed by atoms with Crippen LogP contribution >= 0.6 is 34.7 Å². The summed E-state index contributed by atoms with van der Waals surface area (Å²) in [4.78, 5) is 11.9. The summed E-state index contributed by atoms with van der Waals surface area (Å²) in [5.74, 6) is 0.883. The Morgan fingerprint density at radius 1 is 1.39 bits per heavy atom. The molecule has 3 aromatic rings. The summed E-state index contributed by atoms with van der Waals surface area (Å²) < 4.78 is 5.61. The number of aryl methyl sites for hydroxylation is 1. The fraction of sp³-hybridized carbons (Fsp3) is 0.143. The van der Waals surface area contributed by atoms with Gasteiger partial charge in [-0.2, -0.15) is 0 Å². The van der Waals surface area contributed by atoms with Crippen molar-refractivity contribution in [3.8, 4) is 0 Å². The highest BCUT2D eigenvalue weighted by atomic mass is 35.5. The third-order valence-corrected chi connectivity index (χ3v) is 5.19. The molecule has 2 heterocycles. The van der Waals surface area contributed by atoms with Crippen LogP contribution in [0.5, 0.6) is 0 Å². The first kappa shape index (κ1) is 16.0. The maximum atomic E-state index is 11.9. The van der Waals surface area contributed by atoms with E-state index in [1.54, 1.807) is 13.0 Å². The minimum absolute atomic E-state index is 0.211. The van der Waals surface area contributed by atoms with Gasteiger partial charge in [0.2, 0.25) is 5.13 Å². The van der Waals surface area contributed by atoms with Gasteiger partial charge in [0, 0.05) is 16.8 Å². The van der Waals surface area contributed by atoms with Crippen LogP contribution in [0, 0.1) is 6.92 Å². The van der Waals surface area contributed by atoms with Crippen LogP contribution in [0.25, 0.3) is 0 Å². The summed E-state index contributed by atoms with van der Waals surface area (Å²) in [6.45, 7) is 1.72. The van der Waals surface area contributed by atoms with Crippen molar-refractivity contribution in [3.05, 3.63) is 52.4 Å². The van der Waals surface area contributed by atoms with Gasteiger partial charge in [0.15, 0.2) is 10.0 Å². The first-order valence-electron chi connectivity index (χ1n) is 6.56. The molecule has 23 heavy (non-hydrogen) atoms. The number of aromatic nitrogens is 3. The van der Waals surface area contributed by atoms with E-state index in [1.807, 2.05) is 24.3 Å². The standard InChI is InChI=1S/C14H11ClN4O2S2/c1-8-6-11(19-21-8)12(20)16-13-17-18-14(23-13)22-7-9-4-2-3-5-10(9)15/h2-6H,7H2,1H3,(H,16,17,20). The minimum Gasteiger partial charge on any atom is -0.361 e. The third kappa shape index (κ3) is 4.10. The average Bonchev–Trinajstić information content (AvgIpc) is 3.15. The molecule has 9 heteroatoms. The largest absolute Gasteiger partial charge is 0.361 e. The van der Waals surface area contributed by atoms with E-state index in [-0.39, 0.29) is 11.6 Å². The van der Waals surface area contributed by atoms with E-state index in [9.17, 15) is 4.79 Å². The molecule has 0 spiro atoms. The average molecular weight is 367 g/mol. The van der Waals surface area contributed by atoms with Gasteiger partial charge in [-0.25, -0.2) is 0 Å². The molecule has 0 aliphatic carbocycles. The molecule has 0 bridgehead atoms. The van der Waals surface area contributed by atoms with Gasteiger partial charge >= 0.3 is 0 Å². The van der Waals surface area contributed by atoms with Gasteiger partial charge in [0.1, 0.15) is 5.76 Å². The highest BCUT2D eigenvalue weighted by Gasteiger charge is 2.14. The lowest BCUT2D eigenvalue weighted by atomic mass is 10.2. The summed E-state index contributed by atoms with van der Waals surface area (Å²) in [5, 5.41) is 15.4. The van der Waals surface area contributed by atoms with Crippen molar-refractivity contribution in [2.24, 2.45) is 0 Å². The molecular formula is C14H11ClN4O2S2. The van der Waals surface area contributed by atoms with Gasteiger partial charge in [-0.3, -0.25) is 10.1 Å². The molecule has 3 rings (SSSR count). The molecular weight excluding hydrogens is 356 g/mol. The molecule has 0 aliphatic heterocycles. The molecule has 0 radical (unpaired) electrons. The van der Waals surface area contributed by atoms with Crippen LogP contribution in [0.2, 0.25) is 5.02 Å². The Morgan fingerprint density at radius 3 is 2.96 bits per heavy atom. The molecule has 0 saturated heterocycles. The van der Waals surface area contributed by atoms with Crippen LogP contribution in [-0.4, -0.2) is 21.3 Å². The normalized spacial score (nSPS) is 10.7. The number of carbonyl (C=O) groups is 1. The number of anilines is 1. The quantitative estimate of drug-likeness (QED) is 0.542. The molecule has 6 nitrogen and oxygen atoms in total. The second-order valence-corrected chi connectivity index (χ2v) is 7.14.